The summed E-state index contributed by atoms with van der Waals surface area (Å²) >= 11 is 6.46. The third kappa shape index (κ3) is 5.27. The van der Waals surface area contributed by atoms with E-state index in [2.05, 4.69) is 11.6 Å². The molecule has 1 unspecified atom stereocenters. The number of amides is 1. The number of ether oxygens (including phenoxy) is 1. The van der Waals surface area contributed by atoms with Crippen LogP contribution < -0.4 is 15.1 Å². The summed E-state index contributed by atoms with van der Waals surface area (Å²) in [4.78, 5) is 24.9. The number of hydrogen-bond acceptors (Lipinski definition) is 6. The van der Waals surface area contributed by atoms with E-state index in [0.717, 1.165) is 16.8 Å². The lowest BCUT2D eigenvalue weighted by Crippen LogP contribution is -2.46. The van der Waals surface area contributed by atoms with Crippen molar-refractivity contribution in [3.63, 3.8) is 0 Å². The molecule has 3 heterocycles. The highest BCUT2D eigenvalue weighted by Crippen LogP contribution is 2.35. The van der Waals surface area contributed by atoms with Crippen LogP contribution in [0.4, 0.5) is 16.0 Å². The molecule has 2 aromatic rings. The maximum absolute atomic E-state index is 14.3. The fourth-order valence-corrected chi connectivity index (χ4v) is 4.69. The van der Waals surface area contributed by atoms with Crippen molar-refractivity contribution in [2.24, 2.45) is 11.8 Å². The summed E-state index contributed by atoms with van der Waals surface area (Å²) in [7, 11) is 1.83. The summed E-state index contributed by atoms with van der Waals surface area (Å²) in [5.74, 6) is -0.0857. The number of nitrogens with one attached hydrogen (secondary N) is 1. The van der Waals surface area contributed by atoms with Crippen LogP contribution in [0.15, 0.2) is 42.4 Å². The van der Waals surface area contributed by atoms with E-state index in [1.807, 2.05) is 54.2 Å². The quantitative estimate of drug-likeness (QED) is 0.638. The van der Waals surface area contributed by atoms with Crippen LogP contribution in [0.2, 0.25) is 5.02 Å². The zero-order valence-corrected chi connectivity index (χ0v) is 20.8. The SMILES string of the molecule is [2H]C([2H])([2H])NC(=O)COC1=Cc2cc(Cc3nc(N4C[C@@H](C)C(F)[C@@H](C)C4)ncc3Cl)ccc2N(C)C1=C. The Morgan fingerprint density at radius 2 is 2.11 bits per heavy atom. The highest BCUT2D eigenvalue weighted by Gasteiger charge is 2.33. The largest absolute Gasteiger partial charge is 0.482 e. The van der Waals surface area contributed by atoms with Gasteiger partial charge in [-0.05, 0) is 23.8 Å². The van der Waals surface area contributed by atoms with Crippen LogP contribution in [0, 0.1) is 11.8 Å². The molecular formula is C26H31ClFN5O2. The van der Waals surface area contributed by atoms with Crippen molar-refractivity contribution >= 4 is 35.2 Å². The minimum Gasteiger partial charge on any atom is -0.482 e. The molecular weight excluding hydrogens is 469 g/mol. The van der Waals surface area contributed by atoms with Gasteiger partial charge in [-0.3, -0.25) is 4.79 Å². The van der Waals surface area contributed by atoms with E-state index in [0.29, 0.717) is 47.6 Å². The molecule has 1 aromatic heterocycles. The number of anilines is 2. The number of benzene rings is 1. The zero-order valence-electron chi connectivity index (χ0n) is 23.0. The van der Waals surface area contributed by atoms with Crippen LogP contribution in [-0.4, -0.2) is 55.8 Å². The Kier molecular flexibility index (Phi) is 6.19. The number of halogens is 2. The van der Waals surface area contributed by atoms with Gasteiger partial charge < -0.3 is 19.9 Å². The standard InChI is InChI=1S/C26H31ClFN5O2/c1-15-12-33(13-16(2)25(15)28)26-30-11-20(27)21(31-26)9-18-6-7-22-19(8-18)10-23(17(3)32(22)5)35-14-24(34)29-4/h6-8,10-11,15-16,25H,3,9,12-14H2,1-2,4-5H3,(H,29,34)/t15-,16+,25?/i4D3. The topological polar surface area (TPSA) is 70.6 Å². The van der Waals surface area contributed by atoms with Gasteiger partial charge in [-0.1, -0.05) is 38.1 Å². The zero-order chi connectivity index (χ0) is 27.8. The summed E-state index contributed by atoms with van der Waals surface area (Å²) < 4.78 is 41.4. The number of hydrogen-bond donors (Lipinski definition) is 1. The third-order valence-corrected chi connectivity index (χ3v) is 6.81. The number of aromatic nitrogens is 2. The van der Waals surface area contributed by atoms with Gasteiger partial charge in [0.2, 0.25) is 5.95 Å². The van der Waals surface area contributed by atoms with Crippen molar-refractivity contribution in [3.05, 3.63) is 64.3 Å². The fourth-order valence-electron chi connectivity index (χ4n) is 4.53. The smallest absolute Gasteiger partial charge is 0.257 e. The second-order valence-corrected chi connectivity index (χ2v) is 9.60. The van der Waals surface area contributed by atoms with Crippen molar-refractivity contribution in [1.82, 2.24) is 15.3 Å². The van der Waals surface area contributed by atoms with Gasteiger partial charge in [0.15, 0.2) is 6.61 Å². The molecule has 2 aliphatic rings. The summed E-state index contributed by atoms with van der Waals surface area (Å²) in [6.07, 6.45) is 2.95. The number of carbonyl (C=O) groups is 1. The second-order valence-electron chi connectivity index (χ2n) is 9.19. The van der Waals surface area contributed by atoms with Crippen LogP contribution in [0.25, 0.3) is 6.08 Å². The Bertz CT molecular complexity index is 1260. The number of alkyl halides is 1. The maximum Gasteiger partial charge on any atom is 0.257 e. The second kappa shape index (κ2) is 10.2. The Morgan fingerprint density at radius 3 is 2.83 bits per heavy atom. The van der Waals surface area contributed by atoms with Crippen LogP contribution in [0.3, 0.4) is 0 Å². The van der Waals surface area contributed by atoms with E-state index in [9.17, 15) is 9.18 Å². The molecule has 1 aromatic carbocycles. The molecule has 1 amide bonds. The van der Waals surface area contributed by atoms with Gasteiger partial charge in [-0.15, -0.1) is 0 Å². The molecule has 0 aliphatic carbocycles. The lowest BCUT2D eigenvalue weighted by atomic mass is 9.90. The molecule has 7 nitrogen and oxygen atoms in total. The normalized spacial score (nSPS) is 23.6. The van der Waals surface area contributed by atoms with Crippen LogP contribution >= 0.6 is 11.6 Å². The average molecular weight is 503 g/mol. The van der Waals surface area contributed by atoms with E-state index in [-0.39, 0.29) is 11.8 Å². The number of piperidine rings is 1. The summed E-state index contributed by atoms with van der Waals surface area (Å²) in [6, 6.07) is 5.90. The first-order valence-corrected chi connectivity index (χ1v) is 11.8. The molecule has 2 aliphatic heterocycles. The van der Waals surface area contributed by atoms with Gasteiger partial charge in [0, 0.05) is 60.7 Å². The number of rotatable bonds is 6. The van der Waals surface area contributed by atoms with E-state index >= 15 is 0 Å². The summed E-state index contributed by atoms with van der Waals surface area (Å²) in [5.41, 5.74) is 3.87. The van der Waals surface area contributed by atoms with Crippen molar-refractivity contribution in [2.75, 3.05) is 43.5 Å². The first kappa shape index (κ1) is 21.2. The lowest BCUT2D eigenvalue weighted by molar-refractivity contribution is -0.123. The average Bonchev–Trinajstić information content (AvgIpc) is 2.83. The molecule has 4 rings (SSSR count). The van der Waals surface area contributed by atoms with E-state index in [4.69, 9.17) is 25.4 Å². The molecule has 0 spiro atoms. The summed E-state index contributed by atoms with van der Waals surface area (Å²) in [5, 5.41) is 2.34. The minimum atomic E-state index is -2.58. The van der Waals surface area contributed by atoms with Crippen LogP contribution in [0.5, 0.6) is 0 Å². The minimum absolute atomic E-state index is 0.114. The van der Waals surface area contributed by atoms with Crippen molar-refractivity contribution < 1.29 is 18.0 Å². The van der Waals surface area contributed by atoms with E-state index in [1.54, 1.807) is 12.3 Å². The monoisotopic (exact) mass is 502 g/mol. The van der Waals surface area contributed by atoms with Crippen LogP contribution in [-0.2, 0) is 16.0 Å². The molecule has 0 radical (unpaired) electrons. The highest BCUT2D eigenvalue weighted by molar-refractivity contribution is 6.31. The number of nitrogens with zero attached hydrogens (tertiary/aromatic N) is 4. The van der Waals surface area contributed by atoms with E-state index < -0.39 is 25.7 Å². The lowest BCUT2D eigenvalue weighted by Gasteiger charge is -2.37. The fraction of sp³-hybridized carbons (Fsp3) is 0.423. The molecule has 3 atom stereocenters. The van der Waals surface area contributed by atoms with Crippen molar-refractivity contribution in [2.45, 2.75) is 26.4 Å². The molecule has 9 heteroatoms. The molecule has 1 N–H and O–H groups in total. The molecule has 1 saturated heterocycles. The van der Waals surface area contributed by atoms with Gasteiger partial charge in [0.1, 0.15) is 11.9 Å². The predicted octanol–water partition coefficient (Wildman–Crippen LogP) is 4.22. The molecule has 0 saturated carbocycles. The number of carbonyl (C=O) groups excluding carboxylic acids is 1. The number of fused-ring (bicyclic) bond motifs is 1. The third-order valence-electron chi connectivity index (χ3n) is 6.49. The van der Waals surface area contributed by atoms with Gasteiger partial charge in [-0.25, -0.2) is 14.4 Å². The Morgan fingerprint density at radius 1 is 1.37 bits per heavy atom. The van der Waals surface area contributed by atoms with E-state index in [1.165, 1.54) is 0 Å². The van der Waals surface area contributed by atoms with Crippen molar-refractivity contribution in [3.8, 4) is 0 Å². The Labute approximate surface area is 214 Å². The Balaban J connectivity index is 1.53. The van der Waals surface area contributed by atoms with Gasteiger partial charge in [0.05, 0.1) is 22.6 Å². The molecule has 1 fully saturated rings. The first-order chi connectivity index (χ1) is 17.8. The maximum atomic E-state index is 14.3. The Hall–Kier alpha value is -3.13. The molecule has 35 heavy (non-hydrogen) atoms. The first-order valence-electron chi connectivity index (χ1n) is 12.9. The van der Waals surface area contributed by atoms with Gasteiger partial charge >= 0.3 is 0 Å². The summed E-state index contributed by atoms with van der Waals surface area (Å²) in [6.45, 7) is 5.86. The number of likely N-dealkylation sites (N-methyl/N-ethyl adjacent to an activating group) is 2. The molecule has 0 bridgehead atoms. The van der Waals surface area contributed by atoms with Gasteiger partial charge in [0.25, 0.3) is 5.91 Å². The molecule has 186 valence electrons. The van der Waals surface area contributed by atoms with Crippen LogP contribution in [0.1, 0.15) is 34.8 Å². The van der Waals surface area contributed by atoms with Gasteiger partial charge in [-0.2, -0.15) is 0 Å². The highest BCUT2D eigenvalue weighted by atomic mass is 35.5. The predicted molar refractivity (Wildman–Crippen MR) is 137 cm³/mol. The van der Waals surface area contributed by atoms with Crippen molar-refractivity contribution in [1.29, 1.82) is 0 Å².